The van der Waals surface area contributed by atoms with E-state index in [1.54, 1.807) is 0 Å². The minimum Gasteiger partial charge on any atom is -0.337 e. The number of piperidine rings is 1. The standard InChI is InChI=1S/C23H30N4O/c1-15-16(2)25-22-10-19(7-9-21(22)24-15)23(28)27-13-18-6-8-20(14-27)26(12-18)11-17-4-3-5-17/h7,9-10,17-18,20H,3-6,8,11-14H2,1-2H3/t18-,20-/m1/s1. The van der Waals surface area contributed by atoms with Gasteiger partial charge in [-0.2, -0.15) is 0 Å². The van der Waals surface area contributed by atoms with Crippen LogP contribution in [0.15, 0.2) is 18.2 Å². The van der Waals surface area contributed by atoms with E-state index in [9.17, 15) is 4.79 Å². The van der Waals surface area contributed by atoms with Crippen molar-refractivity contribution in [2.45, 2.75) is 52.0 Å². The van der Waals surface area contributed by atoms with Gasteiger partial charge in [-0.25, -0.2) is 9.97 Å². The SMILES string of the molecule is Cc1nc2ccc(C(=O)N3C[C@@H]4CC[C@H](C3)N(CC3CCC3)C4)cc2nc1C. The number of fused-ring (bicyclic) bond motifs is 5. The minimum atomic E-state index is 0.157. The van der Waals surface area contributed by atoms with E-state index in [1.165, 1.54) is 45.2 Å². The molecule has 0 spiro atoms. The van der Waals surface area contributed by atoms with Gasteiger partial charge < -0.3 is 4.90 Å². The van der Waals surface area contributed by atoms with E-state index >= 15 is 0 Å². The Morgan fingerprint density at radius 3 is 2.54 bits per heavy atom. The smallest absolute Gasteiger partial charge is 0.253 e. The number of hydrogen-bond acceptors (Lipinski definition) is 4. The highest BCUT2D eigenvalue weighted by molar-refractivity contribution is 5.97. The summed E-state index contributed by atoms with van der Waals surface area (Å²) in [5, 5.41) is 0. The van der Waals surface area contributed by atoms with Crippen LogP contribution in [0.25, 0.3) is 11.0 Å². The monoisotopic (exact) mass is 378 g/mol. The predicted octanol–water partition coefficient (Wildman–Crippen LogP) is 3.58. The Labute approximate surface area is 167 Å². The maximum absolute atomic E-state index is 13.3. The summed E-state index contributed by atoms with van der Waals surface area (Å²) in [4.78, 5) is 27.4. The van der Waals surface area contributed by atoms with Crippen molar-refractivity contribution >= 4 is 16.9 Å². The van der Waals surface area contributed by atoms with Crippen molar-refractivity contribution in [1.29, 1.82) is 0 Å². The molecule has 1 aromatic carbocycles. The highest BCUT2D eigenvalue weighted by Crippen LogP contribution is 2.33. The number of hydrogen-bond donors (Lipinski definition) is 0. The van der Waals surface area contributed by atoms with E-state index in [1.807, 2.05) is 32.0 Å². The predicted molar refractivity (Wildman–Crippen MR) is 110 cm³/mol. The summed E-state index contributed by atoms with van der Waals surface area (Å²) < 4.78 is 0. The molecule has 1 aliphatic carbocycles. The Bertz CT molecular complexity index is 907. The molecule has 28 heavy (non-hydrogen) atoms. The fraction of sp³-hybridized carbons (Fsp3) is 0.609. The van der Waals surface area contributed by atoms with Gasteiger partial charge in [-0.15, -0.1) is 0 Å². The van der Waals surface area contributed by atoms with E-state index < -0.39 is 0 Å². The second-order valence-electron chi connectivity index (χ2n) is 9.16. The van der Waals surface area contributed by atoms with E-state index in [0.29, 0.717) is 12.0 Å². The minimum absolute atomic E-state index is 0.157. The first-order chi connectivity index (χ1) is 13.6. The molecule has 4 aliphatic rings. The van der Waals surface area contributed by atoms with Crippen LogP contribution >= 0.6 is 0 Å². The lowest BCUT2D eigenvalue weighted by Gasteiger charge is -2.40. The van der Waals surface area contributed by atoms with E-state index in [2.05, 4.69) is 19.8 Å². The molecule has 2 aromatic rings. The third kappa shape index (κ3) is 3.30. The number of benzene rings is 1. The normalized spacial score (nSPS) is 25.7. The molecule has 0 radical (unpaired) electrons. The molecule has 1 aromatic heterocycles. The first kappa shape index (κ1) is 18.0. The zero-order valence-electron chi connectivity index (χ0n) is 17.0. The van der Waals surface area contributed by atoms with Crippen molar-refractivity contribution in [3.63, 3.8) is 0 Å². The van der Waals surface area contributed by atoms with Gasteiger partial charge in [-0.1, -0.05) is 6.42 Å². The molecular weight excluding hydrogens is 348 g/mol. The first-order valence-corrected chi connectivity index (χ1v) is 10.8. The second-order valence-corrected chi connectivity index (χ2v) is 9.16. The maximum atomic E-state index is 13.3. The van der Waals surface area contributed by atoms with Crippen LogP contribution in [0.5, 0.6) is 0 Å². The quantitative estimate of drug-likeness (QED) is 0.819. The van der Waals surface area contributed by atoms with Crippen molar-refractivity contribution in [1.82, 2.24) is 19.8 Å². The molecule has 0 unspecified atom stereocenters. The topological polar surface area (TPSA) is 49.3 Å². The fourth-order valence-corrected chi connectivity index (χ4v) is 5.12. The molecule has 6 rings (SSSR count). The van der Waals surface area contributed by atoms with Gasteiger partial charge in [-0.05, 0) is 69.6 Å². The Balaban J connectivity index is 1.36. The zero-order chi connectivity index (χ0) is 19.3. The summed E-state index contributed by atoms with van der Waals surface area (Å²) in [6.07, 6.45) is 6.70. The fourth-order valence-electron chi connectivity index (χ4n) is 5.12. The third-order valence-corrected chi connectivity index (χ3v) is 7.15. The Kier molecular flexibility index (Phi) is 4.58. The van der Waals surface area contributed by atoms with E-state index in [0.717, 1.165) is 47.0 Å². The van der Waals surface area contributed by atoms with Crippen LogP contribution in [0.2, 0.25) is 0 Å². The Morgan fingerprint density at radius 2 is 1.79 bits per heavy atom. The second kappa shape index (κ2) is 7.11. The Morgan fingerprint density at radius 1 is 1.00 bits per heavy atom. The number of amides is 1. The van der Waals surface area contributed by atoms with Gasteiger partial charge in [0, 0.05) is 37.8 Å². The first-order valence-electron chi connectivity index (χ1n) is 10.8. The number of nitrogens with zero attached hydrogens (tertiary/aromatic N) is 4. The van der Waals surface area contributed by atoms with Crippen molar-refractivity contribution in [2.24, 2.45) is 11.8 Å². The highest BCUT2D eigenvalue weighted by atomic mass is 16.2. The average Bonchev–Trinajstić information content (AvgIpc) is 2.96. The van der Waals surface area contributed by atoms with E-state index in [4.69, 9.17) is 0 Å². The summed E-state index contributed by atoms with van der Waals surface area (Å²) in [7, 11) is 0. The number of aryl methyl sites for hydroxylation is 2. The van der Waals surface area contributed by atoms with Crippen LogP contribution in [0.4, 0.5) is 0 Å². The molecule has 2 bridgehead atoms. The van der Waals surface area contributed by atoms with Crippen LogP contribution in [-0.4, -0.2) is 57.9 Å². The largest absolute Gasteiger partial charge is 0.337 e. The summed E-state index contributed by atoms with van der Waals surface area (Å²) >= 11 is 0. The molecule has 0 N–H and O–H groups in total. The summed E-state index contributed by atoms with van der Waals surface area (Å²) in [5.74, 6) is 1.67. The number of carbonyl (C=O) groups is 1. The van der Waals surface area contributed by atoms with Crippen molar-refractivity contribution in [3.05, 3.63) is 35.2 Å². The zero-order valence-corrected chi connectivity index (χ0v) is 17.0. The molecular formula is C23H30N4O. The van der Waals surface area contributed by atoms with Gasteiger partial charge >= 0.3 is 0 Å². The molecule has 1 amide bonds. The van der Waals surface area contributed by atoms with Crippen LogP contribution in [0.3, 0.4) is 0 Å². The molecule has 3 saturated heterocycles. The molecule has 4 fully saturated rings. The lowest BCUT2D eigenvalue weighted by Crippen LogP contribution is -2.47. The van der Waals surface area contributed by atoms with Crippen molar-refractivity contribution in [2.75, 3.05) is 26.2 Å². The lowest BCUT2D eigenvalue weighted by molar-refractivity contribution is 0.0717. The van der Waals surface area contributed by atoms with Crippen LogP contribution in [0, 0.1) is 25.7 Å². The number of carbonyl (C=O) groups excluding carboxylic acids is 1. The number of rotatable bonds is 3. The highest BCUT2D eigenvalue weighted by Gasteiger charge is 2.38. The third-order valence-electron chi connectivity index (χ3n) is 7.15. The van der Waals surface area contributed by atoms with Gasteiger partial charge in [0.25, 0.3) is 5.91 Å². The van der Waals surface area contributed by atoms with Crippen LogP contribution in [0.1, 0.15) is 53.8 Å². The number of aromatic nitrogens is 2. The lowest BCUT2D eigenvalue weighted by atomic mass is 9.83. The Hall–Kier alpha value is -2.01. The van der Waals surface area contributed by atoms with Gasteiger partial charge in [0.1, 0.15) is 0 Å². The molecule has 3 aliphatic heterocycles. The average molecular weight is 379 g/mol. The van der Waals surface area contributed by atoms with Gasteiger partial charge in [0.15, 0.2) is 0 Å². The van der Waals surface area contributed by atoms with Gasteiger partial charge in [0.2, 0.25) is 0 Å². The van der Waals surface area contributed by atoms with Crippen molar-refractivity contribution < 1.29 is 4.79 Å². The van der Waals surface area contributed by atoms with Gasteiger partial charge in [0.05, 0.1) is 22.4 Å². The van der Waals surface area contributed by atoms with Crippen LogP contribution < -0.4 is 0 Å². The molecule has 5 heteroatoms. The summed E-state index contributed by atoms with van der Waals surface area (Å²) in [5.41, 5.74) is 4.30. The van der Waals surface area contributed by atoms with Crippen molar-refractivity contribution in [3.8, 4) is 0 Å². The van der Waals surface area contributed by atoms with E-state index in [-0.39, 0.29) is 5.91 Å². The summed E-state index contributed by atoms with van der Waals surface area (Å²) in [6.45, 7) is 8.13. The molecule has 1 saturated carbocycles. The maximum Gasteiger partial charge on any atom is 0.253 e. The summed E-state index contributed by atoms with van der Waals surface area (Å²) in [6, 6.07) is 6.33. The molecule has 148 valence electrons. The van der Waals surface area contributed by atoms with Crippen LogP contribution in [-0.2, 0) is 0 Å². The molecule has 2 atom stereocenters. The van der Waals surface area contributed by atoms with Gasteiger partial charge in [-0.3, -0.25) is 9.69 Å². The molecule has 4 heterocycles. The molecule has 5 nitrogen and oxygen atoms in total.